The van der Waals surface area contributed by atoms with Gasteiger partial charge in [0.25, 0.3) is 0 Å². The summed E-state index contributed by atoms with van der Waals surface area (Å²) in [4.78, 5) is 2.53. The Morgan fingerprint density at radius 3 is 2.61 bits per heavy atom. The molecule has 0 amide bonds. The SMILES string of the molecule is CCN1CCC(NCC2(O)CCCCC2)C(C)C1. The maximum absolute atomic E-state index is 10.5. The fourth-order valence-corrected chi connectivity index (χ4v) is 3.53. The minimum atomic E-state index is -0.417. The molecule has 1 aliphatic carbocycles. The van der Waals surface area contributed by atoms with Crippen LogP contribution in [0.25, 0.3) is 0 Å². The van der Waals surface area contributed by atoms with E-state index in [-0.39, 0.29) is 0 Å². The van der Waals surface area contributed by atoms with Gasteiger partial charge in [0.1, 0.15) is 0 Å². The molecule has 2 N–H and O–H groups in total. The molecule has 3 heteroatoms. The van der Waals surface area contributed by atoms with E-state index in [1.54, 1.807) is 0 Å². The average Bonchev–Trinajstić information content (AvgIpc) is 2.38. The molecule has 0 radical (unpaired) electrons. The molecular weight excluding hydrogens is 224 g/mol. The molecule has 18 heavy (non-hydrogen) atoms. The highest BCUT2D eigenvalue weighted by Gasteiger charge is 2.31. The number of likely N-dealkylation sites (tertiary alicyclic amines) is 1. The topological polar surface area (TPSA) is 35.5 Å². The highest BCUT2D eigenvalue weighted by atomic mass is 16.3. The standard InChI is InChI=1S/C15H30N2O/c1-3-17-10-7-14(13(2)11-17)16-12-15(18)8-5-4-6-9-15/h13-14,16,18H,3-12H2,1-2H3. The summed E-state index contributed by atoms with van der Waals surface area (Å²) in [6.07, 6.45) is 6.90. The van der Waals surface area contributed by atoms with Gasteiger partial charge in [0, 0.05) is 19.1 Å². The van der Waals surface area contributed by atoms with Crippen molar-refractivity contribution in [2.75, 3.05) is 26.2 Å². The van der Waals surface area contributed by atoms with Gasteiger partial charge in [-0.3, -0.25) is 0 Å². The maximum atomic E-state index is 10.5. The van der Waals surface area contributed by atoms with Gasteiger partial charge in [-0.15, -0.1) is 0 Å². The van der Waals surface area contributed by atoms with Crippen LogP contribution in [0.2, 0.25) is 0 Å². The van der Waals surface area contributed by atoms with Gasteiger partial charge in [0.2, 0.25) is 0 Å². The van der Waals surface area contributed by atoms with Crippen LogP contribution in [0.4, 0.5) is 0 Å². The van der Waals surface area contributed by atoms with Crippen molar-refractivity contribution in [2.24, 2.45) is 5.92 Å². The summed E-state index contributed by atoms with van der Waals surface area (Å²) in [6, 6.07) is 0.596. The van der Waals surface area contributed by atoms with Gasteiger partial charge in [-0.25, -0.2) is 0 Å². The van der Waals surface area contributed by atoms with Crippen LogP contribution in [-0.4, -0.2) is 47.8 Å². The third-order valence-electron chi connectivity index (χ3n) is 4.91. The zero-order chi connectivity index (χ0) is 13.0. The summed E-state index contributed by atoms with van der Waals surface area (Å²) in [5.74, 6) is 0.700. The van der Waals surface area contributed by atoms with Crippen molar-refractivity contribution in [1.29, 1.82) is 0 Å². The predicted octanol–water partition coefficient (Wildman–Crippen LogP) is 2.00. The van der Waals surface area contributed by atoms with E-state index in [1.807, 2.05) is 0 Å². The Morgan fingerprint density at radius 2 is 2.00 bits per heavy atom. The van der Waals surface area contributed by atoms with E-state index in [0.717, 1.165) is 19.4 Å². The average molecular weight is 254 g/mol. The first-order valence-corrected chi connectivity index (χ1v) is 7.81. The number of aliphatic hydroxyl groups is 1. The summed E-state index contributed by atoms with van der Waals surface area (Å²) in [5.41, 5.74) is -0.417. The number of nitrogens with one attached hydrogen (secondary N) is 1. The lowest BCUT2D eigenvalue weighted by Crippen LogP contribution is -2.52. The number of rotatable bonds is 4. The van der Waals surface area contributed by atoms with Gasteiger partial charge in [-0.05, 0) is 38.3 Å². The fourth-order valence-electron chi connectivity index (χ4n) is 3.53. The van der Waals surface area contributed by atoms with Crippen molar-refractivity contribution in [3.05, 3.63) is 0 Å². The van der Waals surface area contributed by atoms with E-state index in [1.165, 1.54) is 45.3 Å². The van der Waals surface area contributed by atoms with Crippen LogP contribution in [-0.2, 0) is 0 Å². The summed E-state index contributed by atoms with van der Waals surface area (Å²) >= 11 is 0. The van der Waals surface area contributed by atoms with E-state index in [4.69, 9.17) is 0 Å². The van der Waals surface area contributed by atoms with Gasteiger partial charge in [-0.1, -0.05) is 33.1 Å². The fraction of sp³-hybridized carbons (Fsp3) is 1.00. The van der Waals surface area contributed by atoms with Crippen LogP contribution in [0.15, 0.2) is 0 Å². The summed E-state index contributed by atoms with van der Waals surface area (Å²) in [5, 5.41) is 14.2. The zero-order valence-electron chi connectivity index (χ0n) is 12.1. The van der Waals surface area contributed by atoms with Crippen LogP contribution >= 0.6 is 0 Å². The normalized spacial score (nSPS) is 33.5. The quantitative estimate of drug-likeness (QED) is 0.805. The second-order valence-corrected chi connectivity index (χ2v) is 6.43. The van der Waals surface area contributed by atoms with E-state index in [9.17, 15) is 5.11 Å². The van der Waals surface area contributed by atoms with Crippen molar-refractivity contribution in [3.8, 4) is 0 Å². The Bertz CT molecular complexity index is 251. The van der Waals surface area contributed by atoms with Gasteiger partial charge in [-0.2, -0.15) is 0 Å². The molecule has 2 aliphatic rings. The van der Waals surface area contributed by atoms with Crippen molar-refractivity contribution >= 4 is 0 Å². The van der Waals surface area contributed by atoms with Crippen LogP contribution in [0.3, 0.4) is 0 Å². The van der Waals surface area contributed by atoms with Gasteiger partial charge in [0.05, 0.1) is 5.60 Å². The zero-order valence-corrected chi connectivity index (χ0v) is 12.1. The molecule has 3 nitrogen and oxygen atoms in total. The van der Waals surface area contributed by atoms with Crippen LogP contribution in [0, 0.1) is 5.92 Å². The number of hydrogen-bond acceptors (Lipinski definition) is 3. The molecule has 2 unspecified atom stereocenters. The lowest BCUT2D eigenvalue weighted by atomic mass is 9.84. The van der Waals surface area contributed by atoms with E-state index >= 15 is 0 Å². The van der Waals surface area contributed by atoms with Gasteiger partial charge >= 0.3 is 0 Å². The molecule has 1 saturated heterocycles. The minimum Gasteiger partial charge on any atom is -0.389 e. The first-order valence-electron chi connectivity index (χ1n) is 7.81. The summed E-state index contributed by atoms with van der Waals surface area (Å²) in [6.45, 7) is 8.95. The summed E-state index contributed by atoms with van der Waals surface area (Å²) in [7, 11) is 0. The third kappa shape index (κ3) is 3.69. The molecule has 0 bridgehead atoms. The Kier molecular flexibility index (Phi) is 5.05. The van der Waals surface area contributed by atoms with Crippen molar-refractivity contribution in [3.63, 3.8) is 0 Å². The highest BCUT2D eigenvalue weighted by Crippen LogP contribution is 2.28. The first-order chi connectivity index (χ1) is 8.63. The molecule has 106 valence electrons. The van der Waals surface area contributed by atoms with E-state index in [0.29, 0.717) is 12.0 Å². The number of piperidine rings is 1. The molecule has 2 atom stereocenters. The Morgan fingerprint density at radius 1 is 1.28 bits per heavy atom. The minimum absolute atomic E-state index is 0.417. The Hall–Kier alpha value is -0.120. The van der Waals surface area contributed by atoms with Crippen LogP contribution in [0.5, 0.6) is 0 Å². The maximum Gasteiger partial charge on any atom is 0.0771 e. The third-order valence-corrected chi connectivity index (χ3v) is 4.91. The molecule has 1 saturated carbocycles. The Balaban J connectivity index is 1.76. The molecule has 0 aromatic rings. The van der Waals surface area contributed by atoms with Crippen molar-refractivity contribution < 1.29 is 5.11 Å². The van der Waals surface area contributed by atoms with Crippen molar-refractivity contribution in [1.82, 2.24) is 10.2 Å². The van der Waals surface area contributed by atoms with E-state index < -0.39 is 5.60 Å². The van der Waals surface area contributed by atoms with Crippen molar-refractivity contribution in [2.45, 2.75) is 64.0 Å². The molecule has 0 aromatic carbocycles. The predicted molar refractivity (Wildman–Crippen MR) is 75.7 cm³/mol. The highest BCUT2D eigenvalue weighted by molar-refractivity contribution is 4.89. The molecule has 1 aliphatic heterocycles. The van der Waals surface area contributed by atoms with Gasteiger partial charge in [0.15, 0.2) is 0 Å². The summed E-state index contributed by atoms with van der Waals surface area (Å²) < 4.78 is 0. The molecule has 2 fully saturated rings. The lowest BCUT2D eigenvalue weighted by Gasteiger charge is -2.39. The van der Waals surface area contributed by atoms with E-state index in [2.05, 4.69) is 24.1 Å². The van der Waals surface area contributed by atoms with Gasteiger partial charge < -0.3 is 15.3 Å². The number of nitrogens with zero attached hydrogens (tertiary/aromatic N) is 1. The molecule has 2 rings (SSSR count). The largest absolute Gasteiger partial charge is 0.389 e. The second kappa shape index (κ2) is 6.36. The smallest absolute Gasteiger partial charge is 0.0771 e. The van der Waals surface area contributed by atoms with Crippen LogP contribution < -0.4 is 5.32 Å². The molecule has 0 spiro atoms. The monoisotopic (exact) mass is 254 g/mol. The van der Waals surface area contributed by atoms with Crippen LogP contribution in [0.1, 0.15) is 52.4 Å². The molecular formula is C15H30N2O. The lowest BCUT2D eigenvalue weighted by molar-refractivity contribution is -0.00161. The Labute approximate surface area is 112 Å². The second-order valence-electron chi connectivity index (χ2n) is 6.43. The number of hydrogen-bond donors (Lipinski definition) is 2. The molecule has 0 aromatic heterocycles. The molecule has 1 heterocycles. The first kappa shape index (κ1) is 14.3.